The first-order valence-electron chi connectivity index (χ1n) is 6.47. The third-order valence-corrected chi connectivity index (χ3v) is 2.06. The number of aliphatic carboxylic acids is 2. The number of carbonyl (C=O) groups excluding carboxylic acids is 1. The summed E-state index contributed by atoms with van der Waals surface area (Å²) >= 11 is 6.83. The van der Waals surface area contributed by atoms with Crippen molar-refractivity contribution in [1.29, 1.82) is 0 Å². The summed E-state index contributed by atoms with van der Waals surface area (Å²) in [7, 11) is 0. The predicted octanol–water partition coefficient (Wildman–Crippen LogP) is -0.523. The quantitative estimate of drug-likeness (QED) is 0.153. The number of carbonyl (C=O) groups is 3. The zero-order chi connectivity index (χ0) is 19.5. The van der Waals surface area contributed by atoms with Gasteiger partial charge >= 0.3 is 17.9 Å². The highest BCUT2D eigenvalue weighted by Gasteiger charge is 2.24. The van der Waals surface area contributed by atoms with Gasteiger partial charge in [-0.15, -0.1) is 0 Å². The van der Waals surface area contributed by atoms with Gasteiger partial charge in [0.15, 0.2) is 0 Å². The smallest absolute Gasteiger partial charge is 0.333 e. The number of hydrogen-bond acceptors (Lipinski definition) is 9. The summed E-state index contributed by atoms with van der Waals surface area (Å²) in [5.74, 6) is -2.27. The topological polar surface area (TPSA) is 154 Å². The second-order valence-corrected chi connectivity index (χ2v) is 4.52. The number of hydrogen-bond donors (Lipinski definition) is 6. The minimum absolute atomic E-state index is 0.0833. The maximum absolute atomic E-state index is 10.7. The van der Waals surface area contributed by atoms with E-state index in [1.807, 2.05) is 0 Å². The second-order valence-electron chi connectivity index (χ2n) is 3.89. The van der Waals surface area contributed by atoms with Crippen LogP contribution in [0.25, 0.3) is 0 Å². The number of aliphatic hydroxyl groups excluding tert-OH is 2. The zero-order valence-corrected chi connectivity index (χ0v) is 15.0. The summed E-state index contributed by atoms with van der Waals surface area (Å²) in [6.45, 7) is 5.89. The Kier molecular flexibility index (Phi) is 22.7. The molecule has 1 rings (SSSR count). The van der Waals surface area contributed by atoms with E-state index in [0.717, 1.165) is 0 Å². The Labute approximate surface area is 151 Å². The fourth-order valence-corrected chi connectivity index (χ4v) is 0.456. The predicted molar refractivity (Wildman–Crippen MR) is 92.7 cm³/mol. The molecule has 1 fully saturated rings. The van der Waals surface area contributed by atoms with Gasteiger partial charge in [0.25, 0.3) is 0 Å². The van der Waals surface area contributed by atoms with Crippen LogP contribution in [-0.2, 0) is 23.9 Å². The molecule has 9 nitrogen and oxygen atoms in total. The van der Waals surface area contributed by atoms with E-state index in [1.165, 1.54) is 0 Å². The molecule has 1 saturated heterocycles. The summed E-state index contributed by atoms with van der Waals surface area (Å²) in [4.78, 5) is 29.3. The van der Waals surface area contributed by atoms with Crippen molar-refractivity contribution in [3.05, 3.63) is 12.2 Å². The van der Waals surface area contributed by atoms with Crippen LogP contribution >= 0.6 is 25.3 Å². The molecule has 1 heterocycles. The van der Waals surface area contributed by atoms with Crippen molar-refractivity contribution in [1.82, 2.24) is 0 Å². The lowest BCUT2D eigenvalue weighted by molar-refractivity contribution is -0.139. The Morgan fingerprint density at radius 2 is 1.46 bits per heavy atom. The van der Waals surface area contributed by atoms with Gasteiger partial charge in [0.1, 0.15) is 12.7 Å². The van der Waals surface area contributed by atoms with Crippen LogP contribution in [0.5, 0.6) is 0 Å². The van der Waals surface area contributed by atoms with Crippen molar-refractivity contribution in [3.8, 4) is 0 Å². The van der Waals surface area contributed by atoms with Crippen LogP contribution in [0.3, 0.4) is 0 Å². The van der Waals surface area contributed by atoms with Crippen LogP contribution in [0.4, 0.5) is 0 Å². The zero-order valence-electron chi connectivity index (χ0n) is 13.3. The first-order chi connectivity index (χ1) is 11.2. The molecule has 1 atom stereocenters. The maximum Gasteiger partial charge on any atom is 0.333 e. The summed E-state index contributed by atoms with van der Waals surface area (Å²) < 4.78 is 9.60. The molecular weight excluding hydrogens is 364 g/mol. The van der Waals surface area contributed by atoms with Crippen LogP contribution in [-0.4, -0.2) is 82.4 Å². The van der Waals surface area contributed by atoms with Crippen LogP contribution in [0.2, 0.25) is 0 Å². The monoisotopic (exact) mass is 388 g/mol. The average molecular weight is 388 g/mol. The first kappa shape index (κ1) is 27.6. The largest absolute Gasteiger partial charge is 0.481 e. The van der Waals surface area contributed by atoms with E-state index in [9.17, 15) is 14.4 Å². The summed E-state index contributed by atoms with van der Waals surface area (Å²) in [5.41, 5.74) is 0.431. The van der Waals surface area contributed by atoms with Crippen LogP contribution < -0.4 is 0 Å². The normalized spacial score (nSPS) is 13.5. The van der Waals surface area contributed by atoms with E-state index in [1.54, 1.807) is 6.92 Å². The van der Waals surface area contributed by atoms with Gasteiger partial charge in [-0.25, -0.2) is 4.79 Å². The Bertz CT molecular complexity index is 354. The summed E-state index contributed by atoms with van der Waals surface area (Å²) in [6, 6.07) is 0. The molecule has 0 radical (unpaired) electrons. The molecule has 11 heteroatoms. The summed E-state index contributed by atoms with van der Waals surface area (Å²) in [6.07, 6.45) is 0.142. The van der Waals surface area contributed by atoms with Gasteiger partial charge in [-0.05, 0) is 6.92 Å². The Morgan fingerprint density at radius 1 is 1.12 bits per heavy atom. The number of carboxylic acids is 2. The number of thiol groups is 2. The van der Waals surface area contributed by atoms with Crippen molar-refractivity contribution >= 4 is 43.2 Å². The van der Waals surface area contributed by atoms with Crippen molar-refractivity contribution in [2.75, 3.05) is 37.9 Å². The lowest BCUT2D eigenvalue weighted by Gasteiger charge is -1.99. The molecule has 4 N–H and O–H groups in total. The van der Waals surface area contributed by atoms with E-state index in [0.29, 0.717) is 18.8 Å². The Morgan fingerprint density at radius 3 is 1.62 bits per heavy atom. The number of epoxide rings is 1. The molecule has 0 aromatic carbocycles. The first-order valence-corrected chi connectivity index (χ1v) is 7.73. The Hall–Kier alpha value is -1.27. The van der Waals surface area contributed by atoms with E-state index >= 15 is 0 Å². The highest BCUT2D eigenvalue weighted by atomic mass is 32.1. The van der Waals surface area contributed by atoms with E-state index in [4.69, 9.17) is 29.9 Å². The summed E-state index contributed by atoms with van der Waals surface area (Å²) in [5, 5.41) is 30.5. The fraction of sp³-hybridized carbons (Fsp3) is 0.615. The number of esters is 1. The molecule has 24 heavy (non-hydrogen) atoms. The molecular formula is C13H24O9S2. The van der Waals surface area contributed by atoms with Crippen LogP contribution in [0.1, 0.15) is 6.92 Å². The third-order valence-electron chi connectivity index (χ3n) is 1.52. The van der Waals surface area contributed by atoms with Crippen LogP contribution in [0, 0.1) is 0 Å². The number of aliphatic hydroxyl groups is 2. The van der Waals surface area contributed by atoms with Crippen molar-refractivity contribution in [2.24, 2.45) is 0 Å². The van der Waals surface area contributed by atoms with Gasteiger partial charge in [0, 0.05) is 5.57 Å². The molecule has 0 amide bonds. The minimum Gasteiger partial charge on any atom is -0.481 e. The van der Waals surface area contributed by atoms with Gasteiger partial charge in [-0.3, -0.25) is 9.59 Å². The van der Waals surface area contributed by atoms with Crippen molar-refractivity contribution in [2.45, 2.75) is 13.0 Å². The molecule has 0 saturated carbocycles. The highest BCUT2D eigenvalue weighted by molar-refractivity contribution is 7.81. The van der Waals surface area contributed by atoms with E-state index in [2.05, 4.69) is 31.8 Å². The molecule has 0 aromatic rings. The molecule has 0 aliphatic carbocycles. The van der Waals surface area contributed by atoms with E-state index in [-0.39, 0.29) is 36.8 Å². The Balaban J connectivity index is -0.000000270. The van der Waals surface area contributed by atoms with Crippen molar-refractivity contribution in [3.63, 3.8) is 0 Å². The highest BCUT2D eigenvalue weighted by Crippen LogP contribution is 2.09. The molecule has 0 bridgehead atoms. The molecule has 142 valence electrons. The number of carboxylic acid groups (broad SMARTS) is 2. The number of ether oxygens (including phenoxy) is 2. The molecule has 0 spiro atoms. The van der Waals surface area contributed by atoms with Gasteiger partial charge in [-0.2, -0.15) is 25.3 Å². The lowest BCUT2D eigenvalue weighted by Crippen LogP contribution is -2.09. The van der Waals surface area contributed by atoms with Crippen LogP contribution in [0.15, 0.2) is 12.2 Å². The molecule has 0 aromatic heterocycles. The van der Waals surface area contributed by atoms with E-state index < -0.39 is 11.9 Å². The lowest BCUT2D eigenvalue weighted by atomic mass is 10.4. The maximum atomic E-state index is 10.7. The average Bonchev–Trinajstić information content (AvgIpc) is 3.38. The van der Waals surface area contributed by atoms with Crippen molar-refractivity contribution < 1.29 is 44.3 Å². The molecule has 1 aliphatic heterocycles. The van der Waals surface area contributed by atoms with Gasteiger partial charge in [0.05, 0.1) is 31.3 Å². The SMILES string of the molecule is C=C(C)C(=O)OCC1CO1.O=C(O)CS.O=C(O)CS.OCCO. The van der Waals surface area contributed by atoms with Gasteiger partial charge in [0.2, 0.25) is 0 Å². The van der Waals surface area contributed by atoms with Gasteiger partial charge in [-0.1, -0.05) is 6.58 Å². The third kappa shape index (κ3) is 32.6. The molecule has 1 unspecified atom stereocenters. The molecule has 1 aliphatic rings. The number of rotatable bonds is 6. The van der Waals surface area contributed by atoms with Gasteiger partial charge < -0.3 is 29.9 Å². The standard InChI is InChI=1S/C7H10O3.2C2H4O2S.C2H6O2/c1-5(2)7(8)10-4-6-3-9-6;2*3-2(4)1-5;3-1-2-4/h6H,1,3-4H2,2H3;2*5H,1H2,(H,3,4);3-4H,1-2H2. The minimum atomic E-state index is -0.881. The fourth-order valence-electron chi connectivity index (χ4n) is 0.456. The second kappa shape index (κ2) is 19.8.